The Morgan fingerprint density at radius 2 is 2.00 bits per heavy atom. The Hall–Kier alpha value is -3.02. The lowest BCUT2D eigenvalue weighted by molar-refractivity contribution is -0.140. The molecular weight excluding hydrogens is 527 g/mol. The number of methoxy groups -OCH3 is 1. The van der Waals surface area contributed by atoms with Gasteiger partial charge >= 0.3 is 6.18 Å². The molecule has 210 valence electrons. The summed E-state index contributed by atoms with van der Waals surface area (Å²) >= 11 is 1.30. The van der Waals surface area contributed by atoms with Crippen LogP contribution in [0.4, 0.5) is 24.5 Å². The van der Waals surface area contributed by atoms with Gasteiger partial charge in [-0.25, -0.2) is 0 Å². The van der Waals surface area contributed by atoms with Crippen LogP contribution in [-0.2, 0) is 23.9 Å². The molecule has 3 unspecified atom stereocenters. The molecule has 0 saturated carbocycles. The summed E-state index contributed by atoms with van der Waals surface area (Å²) in [5.41, 5.74) is 1.30. The number of nitrogens with one attached hydrogen (secondary N) is 3. The Morgan fingerprint density at radius 3 is 2.66 bits per heavy atom. The monoisotopic (exact) mass is 559 g/mol. The predicted molar refractivity (Wildman–Crippen MR) is 136 cm³/mol. The Balaban J connectivity index is 1.86. The van der Waals surface area contributed by atoms with E-state index < -0.39 is 35.2 Å². The van der Waals surface area contributed by atoms with Crippen LogP contribution in [0.3, 0.4) is 0 Å². The molecule has 1 fully saturated rings. The van der Waals surface area contributed by atoms with Gasteiger partial charge in [0.15, 0.2) is 0 Å². The van der Waals surface area contributed by atoms with Gasteiger partial charge in [-0.1, -0.05) is 6.07 Å². The Morgan fingerprint density at radius 1 is 1.26 bits per heavy atom. The minimum absolute atomic E-state index is 0.0642. The number of hydrogen-bond acceptors (Lipinski definition) is 8. The molecule has 0 aromatic heterocycles. The maximum atomic E-state index is 12.9. The number of nitriles is 1. The number of halogens is 3. The normalized spacial score (nSPS) is 18.1. The molecule has 2 rings (SSSR count). The van der Waals surface area contributed by atoms with E-state index in [1.165, 1.54) is 18.9 Å². The van der Waals surface area contributed by atoms with Crippen molar-refractivity contribution in [3.05, 3.63) is 24.3 Å². The lowest BCUT2D eigenvalue weighted by Gasteiger charge is -2.23. The maximum absolute atomic E-state index is 12.9. The molecule has 3 amide bonds. The molecule has 0 bridgehead atoms. The number of ether oxygens (including phenoxy) is 2. The van der Waals surface area contributed by atoms with Crippen LogP contribution in [0.25, 0.3) is 0 Å². The average molecular weight is 560 g/mol. The molecule has 0 aliphatic carbocycles. The summed E-state index contributed by atoms with van der Waals surface area (Å²) in [4.78, 5) is 38.5. The van der Waals surface area contributed by atoms with Crippen molar-refractivity contribution in [1.29, 1.82) is 5.26 Å². The van der Waals surface area contributed by atoms with Gasteiger partial charge in [-0.15, -0.1) is 11.8 Å². The lowest BCUT2D eigenvalue weighted by Crippen LogP contribution is -2.40. The molecule has 10 nitrogen and oxygen atoms in total. The molecule has 1 aliphatic heterocycles. The van der Waals surface area contributed by atoms with Gasteiger partial charge in [0, 0.05) is 38.0 Å². The van der Waals surface area contributed by atoms with E-state index in [-0.39, 0.29) is 24.8 Å². The Bertz CT molecular complexity index is 991. The van der Waals surface area contributed by atoms with Crippen LogP contribution in [0.15, 0.2) is 24.3 Å². The van der Waals surface area contributed by atoms with Crippen LogP contribution in [0.5, 0.6) is 0 Å². The predicted octanol–water partition coefficient (Wildman–Crippen LogP) is 2.59. The van der Waals surface area contributed by atoms with E-state index in [0.717, 1.165) is 5.69 Å². The highest BCUT2D eigenvalue weighted by Gasteiger charge is 2.41. The van der Waals surface area contributed by atoms with E-state index in [9.17, 15) is 32.8 Å². The van der Waals surface area contributed by atoms with Crippen molar-refractivity contribution in [1.82, 2.24) is 10.2 Å². The smallest absolute Gasteiger partial charge is 0.385 e. The first-order valence-corrected chi connectivity index (χ1v) is 12.9. The minimum atomic E-state index is -4.58. The van der Waals surface area contributed by atoms with E-state index in [0.29, 0.717) is 38.4 Å². The van der Waals surface area contributed by atoms with Gasteiger partial charge in [0.2, 0.25) is 17.7 Å². The van der Waals surface area contributed by atoms with Gasteiger partial charge in [0.25, 0.3) is 0 Å². The highest BCUT2D eigenvalue weighted by Crippen LogP contribution is 2.37. The highest BCUT2D eigenvalue weighted by molar-refractivity contribution is 8.01. The fourth-order valence-corrected chi connectivity index (χ4v) is 5.26. The Labute approximate surface area is 223 Å². The third-order valence-corrected chi connectivity index (χ3v) is 7.01. The number of carbonyl (C=O) groups excluding carboxylic acids is 3. The van der Waals surface area contributed by atoms with Gasteiger partial charge in [-0.2, -0.15) is 18.4 Å². The first-order valence-electron chi connectivity index (χ1n) is 12.0. The van der Waals surface area contributed by atoms with Gasteiger partial charge < -0.3 is 30.3 Å². The van der Waals surface area contributed by atoms with Crippen LogP contribution in [0, 0.1) is 17.2 Å². The summed E-state index contributed by atoms with van der Waals surface area (Å²) in [6, 6.07) is 8.80. The average Bonchev–Trinajstić information content (AvgIpc) is 3.17. The summed E-state index contributed by atoms with van der Waals surface area (Å²) in [6.07, 6.45) is -4.20. The second kappa shape index (κ2) is 15.4. The molecule has 1 heterocycles. The number of carbonyl (C=O) groups is 3. The van der Waals surface area contributed by atoms with Gasteiger partial charge in [-0.05, 0) is 31.5 Å². The molecule has 38 heavy (non-hydrogen) atoms. The first-order chi connectivity index (χ1) is 18.1. The van der Waals surface area contributed by atoms with Gasteiger partial charge in [0.1, 0.15) is 19.1 Å². The van der Waals surface area contributed by atoms with Gasteiger partial charge in [-0.3, -0.25) is 14.4 Å². The quantitative estimate of drug-likeness (QED) is 0.280. The van der Waals surface area contributed by atoms with E-state index in [1.54, 1.807) is 41.4 Å². The molecule has 0 spiro atoms. The van der Waals surface area contributed by atoms with Crippen molar-refractivity contribution in [2.24, 2.45) is 5.92 Å². The summed E-state index contributed by atoms with van der Waals surface area (Å²) in [7, 11) is 1.54. The third kappa shape index (κ3) is 10.4. The maximum Gasteiger partial charge on any atom is 0.405 e. The molecule has 1 aliphatic rings. The highest BCUT2D eigenvalue weighted by atomic mass is 32.2. The van der Waals surface area contributed by atoms with Crippen molar-refractivity contribution in [3.63, 3.8) is 0 Å². The van der Waals surface area contributed by atoms with Crippen molar-refractivity contribution in [3.8, 4) is 6.07 Å². The summed E-state index contributed by atoms with van der Waals surface area (Å²) < 4.78 is 47.3. The fourth-order valence-electron chi connectivity index (χ4n) is 3.67. The first kappa shape index (κ1) is 31.2. The number of amides is 3. The third-order valence-electron chi connectivity index (χ3n) is 5.49. The summed E-state index contributed by atoms with van der Waals surface area (Å²) in [6.45, 7) is 1.62. The number of nitrogens with zero attached hydrogens (tertiary/aromatic N) is 2. The van der Waals surface area contributed by atoms with Crippen molar-refractivity contribution >= 4 is 40.9 Å². The van der Waals surface area contributed by atoms with E-state index in [4.69, 9.17) is 9.47 Å². The molecule has 1 aromatic carbocycles. The molecular formula is C24H32F3N5O5S. The van der Waals surface area contributed by atoms with E-state index in [1.807, 2.05) is 6.07 Å². The Kier molecular flexibility index (Phi) is 12.6. The zero-order valence-corrected chi connectivity index (χ0v) is 22.0. The molecule has 3 N–H and O–H groups in total. The van der Waals surface area contributed by atoms with Crippen LogP contribution >= 0.6 is 11.8 Å². The largest absolute Gasteiger partial charge is 0.405 e. The number of hydrogen-bond donors (Lipinski definition) is 3. The standard InChI is InChI=1S/C24H32F3N5O5S/c1-3-32-21(11-16(13-28)22(34)30-15-24(25,26)27)38-19(23(32)35)7-8-29-17-5-4-6-18(12-17)31-20(33)14-37-10-9-36-2/h4-6,12,16,19,21,29H,3,7-11,14-15H2,1-2H3,(H,30,34)(H,31,33). The second-order valence-electron chi connectivity index (χ2n) is 8.34. The van der Waals surface area contributed by atoms with Crippen LogP contribution in [-0.4, -0.2) is 86.0 Å². The van der Waals surface area contributed by atoms with Crippen molar-refractivity contribution in [2.75, 3.05) is 57.2 Å². The number of alkyl halides is 3. The van der Waals surface area contributed by atoms with Crippen molar-refractivity contribution in [2.45, 2.75) is 36.6 Å². The van der Waals surface area contributed by atoms with E-state index >= 15 is 0 Å². The zero-order valence-electron chi connectivity index (χ0n) is 21.2. The van der Waals surface area contributed by atoms with Crippen LogP contribution in [0.1, 0.15) is 19.8 Å². The fraction of sp³-hybridized carbons (Fsp3) is 0.583. The minimum Gasteiger partial charge on any atom is -0.385 e. The number of thioether (sulfide) groups is 1. The zero-order chi connectivity index (χ0) is 28.1. The lowest BCUT2D eigenvalue weighted by atomic mass is 10.1. The number of anilines is 2. The van der Waals surface area contributed by atoms with Crippen LogP contribution in [0.2, 0.25) is 0 Å². The molecule has 1 aromatic rings. The number of benzene rings is 1. The molecule has 3 atom stereocenters. The summed E-state index contributed by atoms with van der Waals surface area (Å²) in [5.74, 6) is -2.77. The molecule has 14 heteroatoms. The molecule has 0 radical (unpaired) electrons. The van der Waals surface area contributed by atoms with Gasteiger partial charge in [0.05, 0.1) is 29.9 Å². The van der Waals surface area contributed by atoms with Crippen LogP contribution < -0.4 is 16.0 Å². The van der Waals surface area contributed by atoms with E-state index in [2.05, 4.69) is 10.6 Å². The second-order valence-corrected chi connectivity index (χ2v) is 9.73. The molecule has 1 saturated heterocycles. The van der Waals surface area contributed by atoms with Crippen molar-refractivity contribution < 1.29 is 37.0 Å². The SMILES string of the molecule is CCN1C(=O)C(CCNc2cccc(NC(=O)COCCOC)c2)SC1CC(C#N)C(=O)NCC(F)(F)F. The number of rotatable bonds is 15. The topological polar surface area (TPSA) is 133 Å². The summed E-state index contributed by atoms with van der Waals surface area (Å²) in [5, 5.41) is 16.1.